The normalized spacial score (nSPS) is 10.7. The van der Waals surface area contributed by atoms with Gasteiger partial charge in [-0.05, 0) is 44.2 Å². The van der Waals surface area contributed by atoms with Crippen molar-refractivity contribution in [1.82, 2.24) is 5.32 Å². The van der Waals surface area contributed by atoms with Crippen LogP contribution in [0.1, 0.15) is 29.6 Å². The molecule has 0 aliphatic rings. The van der Waals surface area contributed by atoms with Crippen molar-refractivity contribution >= 4 is 0 Å². The summed E-state index contributed by atoms with van der Waals surface area (Å²) in [7, 11) is 1.93. The van der Waals surface area contributed by atoms with Crippen molar-refractivity contribution in [3.63, 3.8) is 0 Å². The molecule has 0 radical (unpaired) electrons. The maximum Gasteiger partial charge on any atom is 0.146 e. The second-order valence-corrected chi connectivity index (χ2v) is 4.61. The molecule has 0 amide bonds. The van der Waals surface area contributed by atoms with Crippen LogP contribution in [0.5, 0.6) is 5.75 Å². The molecule has 0 aliphatic carbocycles. The van der Waals surface area contributed by atoms with Crippen LogP contribution in [0, 0.1) is 6.92 Å². The lowest BCUT2D eigenvalue weighted by Crippen LogP contribution is -2.04. The van der Waals surface area contributed by atoms with Crippen LogP contribution in [-0.4, -0.2) is 7.05 Å². The molecule has 19 heavy (non-hydrogen) atoms. The van der Waals surface area contributed by atoms with Crippen LogP contribution in [0.25, 0.3) is 0 Å². The van der Waals surface area contributed by atoms with Gasteiger partial charge in [0, 0.05) is 12.1 Å². The van der Waals surface area contributed by atoms with Crippen molar-refractivity contribution in [2.75, 3.05) is 7.05 Å². The van der Waals surface area contributed by atoms with E-state index >= 15 is 0 Å². The van der Waals surface area contributed by atoms with E-state index in [1.807, 2.05) is 32.2 Å². The predicted octanol–water partition coefficient (Wildman–Crippen LogP) is 3.45. The molecule has 2 rings (SSSR count). The first-order valence-electron chi connectivity index (χ1n) is 6.67. The fourth-order valence-electron chi connectivity index (χ4n) is 2.00. The van der Waals surface area contributed by atoms with Gasteiger partial charge in [0.05, 0.1) is 0 Å². The van der Waals surface area contributed by atoms with Crippen molar-refractivity contribution in [2.24, 2.45) is 0 Å². The van der Waals surface area contributed by atoms with Crippen LogP contribution in [0.4, 0.5) is 0 Å². The molecule has 0 fully saturated rings. The van der Waals surface area contributed by atoms with Crippen molar-refractivity contribution in [3.05, 3.63) is 53.0 Å². The van der Waals surface area contributed by atoms with Crippen LogP contribution < -0.4 is 10.1 Å². The Morgan fingerprint density at radius 2 is 1.95 bits per heavy atom. The summed E-state index contributed by atoms with van der Waals surface area (Å²) in [5.41, 5.74) is 2.50. The van der Waals surface area contributed by atoms with E-state index in [4.69, 9.17) is 9.15 Å². The van der Waals surface area contributed by atoms with Crippen LogP contribution in [0.2, 0.25) is 0 Å². The van der Waals surface area contributed by atoms with Gasteiger partial charge in [0.1, 0.15) is 23.9 Å². The van der Waals surface area contributed by atoms with E-state index < -0.39 is 0 Å². The summed E-state index contributed by atoms with van der Waals surface area (Å²) < 4.78 is 11.4. The first-order valence-corrected chi connectivity index (χ1v) is 6.67. The standard InChI is InChI=1S/C16H21NO2/c1-4-13-5-7-15(8-6-13)18-11-16-9-14(10-17-3)12(2)19-16/h5-9,17H,4,10-11H2,1-3H3. The first kappa shape index (κ1) is 13.7. The van der Waals surface area contributed by atoms with Gasteiger partial charge in [-0.15, -0.1) is 0 Å². The van der Waals surface area contributed by atoms with Gasteiger partial charge in [-0.1, -0.05) is 19.1 Å². The molecule has 0 aliphatic heterocycles. The van der Waals surface area contributed by atoms with Gasteiger partial charge in [-0.3, -0.25) is 0 Å². The van der Waals surface area contributed by atoms with Gasteiger partial charge in [0.25, 0.3) is 0 Å². The third kappa shape index (κ3) is 3.61. The average Bonchev–Trinajstić information content (AvgIpc) is 2.78. The molecule has 0 saturated heterocycles. The first-order chi connectivity index (χ1) is 9.22. The van der Waals surface area contributed by atoms with Crippen LogP contribution >= 0.6 is 0 Å². The lowest BCUT2D eigenvalue weighted by molar-refractivity contribution is 0.267. The lowest BCUT2D eigenvalue weighted by Gasteiger charge is -2.04. The number of rotatable bonds is 6. The highest BCUT2D eigenvalue weighted by Crippen LogP contribution is 2.18. The minimum absolute atomic E-state index is 0.468. The SMILES string of the molecule is CCc1ccc(OCc2cc(CNC)c(C)o2)cc1. The summed E-state index contributed by atoms with van der Waals surface area (Å²) >= 11 is 0. The molecule has 3 nitrogen and oxygen atoms in total. The number of benzene rings is 1. The molecule has 0 bridgehead atoms. The largest absolute Gasteiger partial charge is 0.486 e. The number of ether oxygens (including phenoxy) is 1. The number of hydrogen-bond acceptors (Lipinski definition) is 3. The molecule has 102 valence electrons. The molecule has 1 N–H and O–H groups in total. The molecule has 0 unspecified atom stereocenters. The number of aryl methyl sites for hydroxylation is 2. The molecule has 0 atom stereocenters. The van der Waals surface area contributed by atoms with Gasteiger partial charge in [-0.2, -0.15) is 0 Å². The quantitative estimate of drug-likeness (QED) is 0.862. The van der Waals surface area contributed by atoms with E-state index in [-0.39, 0.29) is 0 Å². The zero-order valence-electron chi connectivity index (χ0n) is 11.8. The van der Waals surface area contributed by atoms with Crippen molar-refractivity contribution in [2.45, 2.75) is 33.4 Å². The maximum absolute atomic E-state index is 5.72. The summed E-state index contributed by atoms with van der Waals surface area (Å²) in [6, 6.07) is 10.2. The van der Waals surface area contributed by atoms with Crippen molar-refractivity contribution < 1.29 is 9.15 Å². The molecule has 0 saturated carbocycles. The Bertz CT molecular complexity index is 514. The maximum atomic E-state index is 5.72. The fraction of sp³-hybridized carbons (Fsp3) is 0.375. The van der Waals surface area contributed by atoms with Gasteiger partial charge in [-0.25, -0.2) is 0 Å². The Morgan fingerprint density at radius 1 is 1.21 bits per heavy atom. The van der Waals surface area contributed by atoms with E-state index in [9.17, 15) is 0 Å². The van der Waals surface area contributed by atoms with Crippen LogP contribution in [0.15, 0.2) is 34.7 Å². The Kier molecular flexibility index (Phi) is 4.63. The molecule has 1 aromatic heterocycles. The van der Waals surface area contributed by atoms with Crippen LogP contribution in [0.3, 0.4) is 0 Å². The summed E-state index contributed by atoms with van der Waals surface area (Å²) in [5, 5.41) is 3.12. The van der Waals surface area contributed by atoms with E-state index in [1.165, 1.54) is 11.1 Å². The second kappa shape index (κ2) is 6.43. The van der Waals surface area contributed by atoms with Gasteiger partial charge in [0.2, 0.25) is 0 Å². The fourth-order valence-corrected chi connectivity index (χ4v) is 2.00. The van der Waals surface area contributed by atoms with E-state index in [0.717, 1.165) is 30.2 Å². The molecular weight excluding hydrogens is 238 g/mol. The minimum atomic E-state index is 0.468. The average molecular weight is 259 g/mol. The molecule has 3 heteroatoms. The zero-order chi connectivity index (χ0) is 13.7. The predicted molar refractivity (Wildman–Crippen MR) is 76.4 cm³/mol. The third-order valence-electron chi connectivity index (χ3n) is 3.15. The Labute approximate surface area is 114 Å². The highest BCUT2D eigenvalue weighted by Gasteiger charge is 2.07. The number of nitrogens with one attached hydrogen (secondary N) is 1. The second-order valence-electron chi connectivity index (χ2n) is 4.61. The van der Waals surface area contributed by atoms with Gasteiger partial charge in [0.15, 0.2) is 0 Å². The third-order valence-corrected chi connectivity index (χ3v) is 3.15. The summed E-state index contributed by atoms with van der Waals surface area (Å²) in [4.78, 5) is 0. The number of furan rings is 1. The highest BCUT2D eigenvalue weighted by atomic mass is 16.5. The summed E-state index contributed by atoms with van der Waals surface area (Å²) in [6.45, 7) is 5.41. The topological polar surface area (TPSA) is 34.4 Å². The number of hydrogen-bond donors (Lipinski definition) is 1. The van der Waals surface area contributed by atoms with E-state index in [1.54, 1.807) is 0 Å². The van der Waals surface area contributed by atoms with E-state index in [0.29, 0.717) is 6.61 Å². The molecular formula is C16H21NO2. The van der Waals surface area contributed by atoms with Crippen LogP contribution in [-0.2, 0) is 19.6 Å². The Morgan fingerprint density at radius 3 is 2.58 bits per heavy atom. The monoisotopic (exact) mass is 259 g/mol. The zero-order valence-corrected chi connectivity index (χ0v) is 11.8. The van der Waals surface area contributed by atoms with Gasteiger partial charge < -0.3 is 14.5 Å². The minimum Gasteiger partial charge on any atom is -0.486 e. The molecule has 1 heterocycles. The molecule has 2 aromatic rings. The van der Waals surface area contributed by atoms with Crippen molar-refractivity contribution in [1.29, 1.82) is 0 Å². The highest BCUT2D eigenvalue weighted by molar-refractivity contribution is 5.27. The van der Waals surface area contributed by atoms with Crippen molar-refractivity contribution in [3.8, 4) is 5.75 Å². The van der Waals surface area contributed by atoms with Gasteiger partial charge >= 0.3 is 0 Å². The van der Waals surface area contributed by atoms with E-state index in [2.05, 4.69) is 24.4 Å². The smallest absolute Gasteiger partial charge is 0.146 e. The summed E-state index contributed by atoms with van der Waals surface area (Å²) in [6.07, 6.45) is 1.05. The Hall–Kier alpha value is -1.74. The Balaban J connectivity index is 1.95. The molecule has 0 spiro atoms. The summed E-state index contributed by atoms with van der Waals surface area (Å²) in [5.74, 6) is 2.69. The molecule has 1 aromatic carbocycles. The lowest BCUT2D eigenvalue weighted by atomic mass is 10.2.